The standard InChI is InChI=1S/C9H8BrFO3/c1-13-7-4-5(9(12)14-2)3-6(10)8(7)11/h3-4H,1-2H3. The molecule has 76 valence electrons. The van der Waals surface area contributed by atoms with Gasteiger partial charge in [-0.1, -0.05) is 0 Å². The minimum atomic E-state index is -0.542. The van der Waals surface area contributed by atoms with Crippen LogP contribution in [0.25, 0.3) is 0 Å². The van der Waals surface area contributed by atoms with E-state index in [9.17, 15) is 9.18 Å². The molecule has 0 spiro atoms. The summed E-state index contributed by atoms with van der Waals surface area (Å²) in [6.07, 6.45) is 0. The maximum absolute atomic E-state index is 13.2. The summed E-state index contributed by atoms with van der Waals surface area (Å²) in [4.78, 5) is 11.1. The Hall–Kier alpha value is -1.10. The topological polar surface area (TPSA) is 35.5 Å². The van der Waals surface area contributed by atoms with Crippen molar-refractivity contribution in [1.82, 2.24) is 0 Å². The van der Waals surface area contributed by atoms with Gasteiger partial charge in [-0.15, -0.1) is 0 Å². The summed E-state index contributed by atoms with van der Waals surface area (Å²) in [5.74, 6) is -1.08. The molecular weight excluding hydrogens is 255 g/mol. The van der Waals surface area contributed by atoms with Crippen molar-refractivity contribution in [3.63, 3.8) is 0 Å². The van der Waals surface area contributed by atoms with Crippen molar-refractivity contribution in [3.8, 4) is 5.75 Å². The first-order chi connectivity index (χ1) is 6.60. The van der Waals surface area contributed by atoms with Gasteiger partial charge in [-0.2, -0.15) is 0 Å². The van der Waals surface area contributed by atoms with Crippen molar-refractivity contribution >= 4 is 21.9 Å². The molecule has 0 fully saturated rings. The Morgan fingerprint density at radius 3 is 2.57 bits per heavy atom. The zero-order valence-corrected chi connectivity index (χ0v) is 9.22. The molecule has 0 atom stereocenters. The van der Waals surface area contributed by atoms with Crippen LogP contribution >= 0.6 is 15.9 Å². The van der Waals surface area contributed by atoms with Gasteiger partial charge in [-0.25, -0.2) is 9.18 Å². The molecule has 0 saturated carbocycles. The number of rotatable bonds is 2. The minimum Gasteiger partial charge on any atom is -0.494 e. The van der Waals surface area contributed by atoms with Gasteiger partial charge >= 0.3 is 5.97 Å². The molecule has 0 amide bonds. The summed E-state index contributed by atoms with van der Waals surface area (Å²) in [6.45, 7) is 0. The fraction of sp³-hybridized carbons (Fsp3) is 0.222. The lowest BCUT2D eigenvalue weighted by Crippen LogP contribution is -2.02. The molecule has 3 nitrogen and oxygen atoms in total. The SMILES string of the molecule is COC(=O)c1cc(Br)c(F)c(OC)c1. The summed E-state index contributed by atoms with van der Waals surface area (Å²) in [5.41, 5.74) is 0.234. The van der Waals surface area contributed by atoms with E-state index < -0.39 is 11.8 Å². The average Bonchev–Trinajstić information content (AvgIpc) is 2.20. The number of methoxy groups -OCH3 is 2. The summed E-state index contributed by atoms with van der Waals surface area (Å²) in [5, 5.41) is 0. The molecule has 0 unspecified atom stereocenters. The molecule has 0 heterocycles. The largest absolute Gasteiger partial charge is 0.494 e. The molecule has 1 aromatic rings. The molecule has 0 aromatic heterocycles. The highest BCUT2D eigenvalue weighted by Crippen LogP contribution is 2.27. The monoisotopic (exact) mass is 262 g/mol. The number of carbonyl (C=O) groups is 1. The van der Waals surface area contributed by atoms with Gasteiger partial charge in [0.25, 0.3) is 0 Å². The van der Waals surface area contributed by atoms with Crippen LogP contribution in [-0.4, -0.2) is 20.2 Å². The van der Waals surface area contributed by atoms with E-state index in [4.69, 9.17) is 4.74 Å². The lowest BCUT2D eigenvalue weighted by Gasteiger charge is -2.06. The van der Waals surface area contributed by atoms with Crippen molar-refractivity contribution in [3.05, 3.63) is 28.0 Å². The Labute approximate surface area is 88.9 Å². The Morgan fingerprint density at radius 2 is 2.07 bits per heavy atom. The second kappa shape index (κ2) is 4.41. The van der Waals surface area contributed by atoms with Gasteiger partial charge < -0.3 is 9.47 Å². The molecule has 1 rings (SSSR count). The molecule has 0 aliphatic rings. The van der Waals surface area contributed by atoms with Crippen molar-refractivity contribution < 1.29 is 18.7 Å². The predicted molar refractivity (Wildman–Crippen MR) is 52.0 cm³/mol. The third-order valence-corrected chi connectivity index (χ3v) is 2.21. The van der Waals surface area contributed by atoms with Crippen molar-refractivity contribution in [2.24, 2.45) is 0 Å². The normalized spacial score (nSPS) is 9.71. The maximum atomic E-state index is 13.2. The molecule has 14 heavy (non-hydrogen) atoms. The quantitative estimate of drug-likeness (QED) is 0.768. The summed E-state index contributed by atoms with van der Waals surface area (Å²) in [6, 6.07) is 2.62. The second-order valence-corrected chi connectivity index (χ2v) is 3.32. The van der Waals surface area contributed by atoms with E-state index in [2.05, 4.69) is 20.7 Å². The third-order valence-electron chi connectivity index (χ3n) is 1.64. The molecule has 0 aliphatic carbocycles. The van der Waals surface area contributed by atoms with Crippen LogP contribution in [0.15, 0.2) is 16.6 Å². The Morgan fingerprint density at radius 1 is 1.43 bits per heavy atom. The number of carbonyl (C=O) groups excluding carboxylic acids is 1. The van der Waals surface area contributed by atoms with Gasteiger partial charge in [0.2, 0.25) is 0 Å². The predicted octanol–water partition coefficient (Wildman–Crippen LogP) is 2.38. The number of esters is 1. The fourth-order valence-corrected chi connectivity index (χ4v) is 1.39. The van der Waals surface area contributed by atoms with Gasteiger partial charge in [-0.05, 0) is 28.1 Å². The summed E-state index contributed by atoms with van der Waals surface area (Å²) >= 11 is 2.97. The Kier molecular flexibility index (Phi) is 3.46. The van der Waals surface area contributed by atoms with Crippen LogP contribution in [0.2, 0.25) is 0 Å². The van der Waals surface area contributed by atoms with Gasteiger partial charge in [0, 0.05) is 0 Å². The lowest BCUT2D eigenvalue weighted by molar-refractivity contribution is 0.0600. The van der Waals surface area contributed by atoms with Crippen molar-refractivity contribution in [2.45, 2.75) is 0 Å². The Bertz CT molecular complexity index is 365. The molecule has 0 bridgehead atoms. The zero-order valence-electron chi connectivity index (χ0n) is 7.64. The summed E-state index contributed by atoms with van der Waals surface area (Å²) < 4.78 is 22.6. The molecule has 0 radical (unpaired) electrons. The molecule has 0 saturated heterocycles. The molecule has 1 aromatic carbocycles. The van der Waals surface area contributed by atoms with E-state index in [1.807, 2.05) is 0 Å². The lowest BCUT2D eigenvalue weighted by atomic mass is 10.2. The van der Waals surface area contributed by atoms with Crippen LogP contribution in [0.3, 0.4) is 0 Å². The van der Waals surface area contributed by atoms with Gasteiger partial charge in [-0.3, -0.25) is 0 Å². The van der Waals surface area contributed by atoms with Crippen LogP contribution in [0, 0.1) is 5.82 Å². The van der Waals surface area contributed by atoms with Gasteiger partial charge in [0.05, 0.1) is 24.3 Å². The van der Waals surface area contributed by atoms with Crippen LogP contribution in [0.5, 0.6) is 5.75 Å². The minimum absolute atomic E-state index is 0.000208. The van der Waals surface area contributed by atoms with E-state index >= 15 is 0 Å². The van der Waals surface area contributed by atoms with Crippen LogP contribution < -0.4 is 4.74 Å². The average molecular weight is 263 g/mol. The van der Waals surface area contributed by atoms with Crippen molar-refractivity contribution in [1.29, 1.82) is 0 Å². The first-order valence-electron chi connectivity index (χ1n) is 3.71. The molecular formula is C9H8BrFO3. The number of ether oxygens (including phenoxy) is 2. The van der Waals surface area contributed by atoms with Gasteiger partial charge in [0.1, 0.15) is 0 Å². The van der Waals surface area contributed by atoms with Crippen LogP contribution in [0.4, 0.5) is 4.39 Å². The van der Waals surface area contributed by atoms with Crippen molar-refractivity contribution in [2.75, 3.05) is 14.2 Å². The highest BCUT2D eigenvalue weighted by atomic mass is 79.9. The van der Waals surface area contributed by atoms with E-state index in [0.29, 0.717) is 0 Å². The second-order valence-electron chi connectivity index (χ2n) is 2.47. The first kappa shape index (κ1) is 11.0. The number of hydrogen-bond donors (Lipinski definition) is 0. The highest BCUT2D eigenvalue weighted by molar-refractivity contribution is 9.10. The summed E-state index contributed by atoms with van der Waals surface area (Å²) in [7, 11) is 2.58. The van der Waals surface area contributed by atoms with Gasteiger partial charge in [0.15, 0.2) is 11.6 Å². The smallest absolute Gasteiger partial charge is 0.338 e. The first-order valence-corrected chi connectivity index (χ1v) is 4.50. The Balaban J connectivity index is 3.22. The number of halogens is 2. The zero-order chi connectivity index (χ0) is 10.7. The fourth-order valence-electron chi connectivity index (χ4n) is 0.948. The molecule has 5 heteroatoms. The maximum Gasteiger partial charge on any atom is 0.338 e. The van der Waals surface area contributed by atoms with Crippen LogP contribution in [0.1, 0.15) is 10.4 Å². The van der Waals surface area contributed by atoms with E-state index in [-0.39, 0.29) is 15.8 Å². The van der Waals surface area contributed by atoms with Crippen LogP contribution in [-0.2, 0) is 4.74 Å². The van der Waals surface area contributed by atoms with E-state index in [1.54, 1.807) is 0 Å². The molecule has 0 N–H and O–H groups in total. The highest BCUT2D eigenvalue weighted by Gasteiger charge is 2.13. The third kappa shape index (κ3) is 2.04. The van der Waals surface area contributed by atoms with E-state index in [0.717, 1.165) is 0 Å². The van der Waals surface area contributed by atoms with E-state index in [1.165, 1.54) is 26.4 Å². The molecule has 0 aliphatic heterocycles. The number of benzene rings is 1. The number of hydrogen-bond acceptors (Lipinski definition) is 3.